The van der Waals surface area contributed by atoms with Crippen molar-refractivity contribution < 1.29 is 27.5 Å². The van der Waals surface area contributed by atoms with Crippen LogP contribution in [0.3, 0.4) is 0 Å². The van der Waals surface area contributed by atoms with Gasteiger partial charge in [-0.15, -0.1) is 0 Å². The molecule has 2 rings (SSSR count). The van der Waals surface area contributed by atoms with Gasteiger partial charge < -0.3 is 20.3 Å². The molecule has 0 aromatic heterocycles. The highest BCUT2D eigenvalue weighted by Gasteiger charge is 2.38. The molecule has 28 heavy (non-hydrogen) atoms. The Kier molecular flexibility index (Phi) is 6.92. The van der Waals surface area contributed by atoms with E-state index in [1.807, 2.05) is 0 Å². The summed E-state index contributed by atoms with van der Waals surface area (Å²) in [7, 11) is 5.13. The lowest BCUT2D eigenvalue weighted by atomic mass is 9.79. The van der Waals surface area contributed by atoms with Crippen LogP contribution in [0.15, 0.2) is 24.3 Å². The number of amides is 2. The Labute approximate surface area is 162 Å². The highest BCUT2D eigenvalue weighted by Crippen LogP contribution is 2.38. The molecule has 1 aromatic carbocycles. The summed E-state index contributed by atoms with van der Waals surface area (Å²) in [5.41, 5.74) is 5.02. The van der Waals surface area contributed by atoms with Gasteiger partial charge in [0, 0.05) is 7.05 Å². The van der Waals surface area contributed by atoms with Crippen LogP contribution >= 0.6 is 0 Å². The standard InChI is InChI=1S/C19H26F3N3O3/c1-24(2)11-17(26)25(3)15-10-13(7-8-16(15)28-18(23)27)12-5-4-6-14(9-12)19(20,21)22/h4-6,9,13,15-16H,7-8,10-11H2,1-3H3,(H2,23,27)/t13-,15-,16-/m0/s1. The van der Waals surface area contributed by atoms with Crippen molar-refractivity contribution in [3.05, 3.63) is 35.4 Å². The molecule has 1 fully saturated rings. The van der Waals surface area contributed by atoms with Gasteiger partial charge in [-0.2, -0.15) is 13.2 Å². The summed E-state index contributed by atoms with van der Waals surface area (Å²) in [5, 5.41) is 0. The van der Waals surface area contributed by atoms with E-state index in [4.69, 9.17) is 10.5 Å². The fourth-order valence-corrected chi connectivity index (χ4v) is 3.65. The van der Waals surface area contributed by atoms with E-state index in [1.54, 1.807) is 32.1 Å². The Bertz CT molecular complexity index is 709. The lowest BCUT2D eigenvalue weighted by Crippen LogP contribution is -2.51. The molecule has 156 valence electrons. The van der Waals surface area contributed by atoms with E-state index in [9.17, 15) is 22.8 Å². The number of alkyl halides is 3. The molecule has 9 heteroatoms. The van der Waals surface area contributed by atoms with Crippen LogP contribution in [0, 0.1) is 0 Å². The number of ether oxygens (including phenoxy) is 1. The third-order valence-corrected chi connectivity index (χ3v) is 5.05. The maximum Gasteiger partial charge on any atom is 0.416 e. The molecule has 3 atom stereocenters. The van der Waals surface area contributed by atoms with E-state index in [-0.39, 0.29) is 18.4 Å². The number of carbonyl (C=O) groups is 2. The summed E-state index contributed by atoms with van der Waals surface area (Å²) in [6.45, 7) is 0.171. The molecule has 0 aliphatic heterocycles. The molecule has 0 spiro atoms. The fourth-order valence-electron chi connectivity index (χ4n) is 3.65. The Morgan fingerprint density at radius 2 is 1.89 bits per heavy atom. The maximum absolute atomic E-state index is 13.0. The predicted octanol–water partition coefficient (Wildman–Crippen LogP) is 2.83. The normalized spacial score (nSPS) is 22.8. The summed E-state index contributed by atoms with van der Waals surface area (Å²) in [6.07, 6.45) is -4.61. The van der Waals surface area contributed by atoms with Crippen LogP contribution in [0.25, 0.3) is 0 Å². The number of hydrogen-bond donors (Lipinski definition) is 1. The van der Waals surface area contributed by atoms with Crippen LogP contribution in [-0.4, -0.2) is 61.6 Å². The van der Waals surface area contributed by atoms with Crippen LogP contribution in [0.5, 0.6) is 0 Å². The molecule has 1 saturated carbocycles. The number of halogens is 3. The molecule has 2 N–H and O–H groups in total. The number of benzene rings is 1. The first kappa shape index (κ1) is 22.0. The number of nitrogens with two attached hydrogens (primary N) is 1. The average Bonchev–Trinajstić information content (AvgIpc) is 2.59. The van der Waals surface area contributed by atoms with Crippen molar-refractivity contribution >= 4 is 12.0 Å². The average molecular weight is 401 g/mol. The summed E-state index contributed by atoms with van der Waals surface area (Å²) >= 11 is 0. The molecular weight excluding hydrogens is 375 g/mol. The summed E-state index contributed by atoms with van der Waals surface area (Å²) in [4.78, 5) is 27.0. The van der Waals surface area contributed by atoms with Crippen molar-refractivity contribution in [2.24, 2.45) is 5.73 Å². The first-order valence-electron chi connectivity index (χ1n) is 9.02. The summed E-state index contributed by atoms with van der Waals surface area (Å²) < 4.78 is 44.3. The van der Waals surface area contributed by atoms with E-state index in [2.05, 4.69) is 0 Å². The van der Waals surface area contributed by atoms with Crippen molar-refractivity contribution in [3.8, 4) is 0 Å². The first-order valence-corrected chi connectivity index (χ1v) is 9.02. The third-order valence-electron chi connectivity index (χ3n) is 5.05. The van der Waals surface area contributed by atoms with Crippen molar-refractivity contribution in [1.29, 1.82) is 0 Å². The van der Waals surface area contributed by atoms with Gasteiger partial charge in [0.05, 0.1) is 18.2 Å². The van der Waals surface area contributed by atoms with E-state index in [0.29, 0.717) is 24.8 Å². The Balaban J connectivity index is 2.24. The molecule has 0 bridgehead atoms. The number of primary amides is 1. The molecule has 1 aliphatic carbocycles. The number of likely N-dealkylation sites (N-methyl/N-ethyl adjacent to an activating group) is 2. The zero-order valence-electron chi connectivity index (χ0n) is 16.2. The van der Waals surface area contributed by atoms with Crippen molar-refractivity contribution in [3.63, 3.8) is 0 Å². The van der Waals surface area contributed by atoms with E-state index < -0.39 is 30.0 Å². The van der Waals surface area contributed by atoms with Gasteiger partial charge in [-0.1, -0.05) is 18.2 Å². The lowest BCUT2D eigenvalue weighted by Gasteiger charge is -2.40. The van der Waals surface area contributed by atoms with E-state index in [0.717, 1.165) is 12.1 Å². The van der Waals surface area contributed by atoms with Gasteiger partial charge in [-0.05, 0) is 50.9 Å². The summed E-state index contributed by atoms with van der Waals surface area (Å²) in [6, 6.07) is 4.77. The zero-order valence-corrected chi connectivity index (χ0v) is 16.2. The van der Waals surface area contributed by atoms with E-state index >= 15 is 0 Å². The van der Waals surface area contributed by atoms with Crippen LogP contribution in [-0.2, 0) is 15.7 Å². The van der Waals surface area contributed by atoms with Crippen LogP contribution in [0.2, 0.25) is 0 Å². The minimum atomic E-state index is -4.42. The second-order valence-corrected chi connectivity index (χ2v) is 7.42. The van der Waals surface area contributed by atoms with Gasteiger partial charge in [0.15, 0.2) is 0 Å². The van der Waals surface area contributed by atoms with Crippen molar-refractivity contribution in [2.75, 3.05) is 27.7 Å². The molecule has 2 amide bonds. The number of hydrogen-bond acceptors (Lipinski definition) is 4. The fraction of sp³-hybridized carbons (Fsp3) is 0.579. The Morgan fingerprint density at radius 3 is 2.46 bits per heavy atom. The second kappa shape index (κ2) is 8.81. The van der Waals surface area contributed by atoms with Crippen molar-refractivity contribution in [2.45, 2.75) is 43.5 Å². The highest BCUT2D eigenvalue weighted by molar-refractivity contribution is 5.78. The van der Waals surface area contributed by atoms with Gasteiger partial charge in [-0.25, -0.2) is 4.79 Å². The lowest BCUT2D eigenvalue weighted by molar-refractivity contribution is -0.137. The van der Waals surface area contributed by atoms with Crippen LogP contribution in [0.1, 0.15) is 36.3 Å². The van der Waals surface area contributed by atoms with Gasteiger partial charge in [0.2, 0.25) is 5.91 Å². The minimum Gasteiger partial charge on any atom is -0.444 e. The van der Waals surface area contributed by atoms with Crippen LogP contribution < -0.4 is 5.73 Å². The van der Waals surface area contributed by atoms with Gasteiger partial charge in [0.1, 0.15) is 6.10 Å². The Hall–Kier alpha value is -2.29. The number of carbonyl (C=O) groups excluding carboxylic acids is 2. The van der Waals surface area contributed by atoms with Crippen LogP contribution in [0.4, 0.5) is 18.0 Å². The predicted molar refractivity (Wildman–Crippen MR) is 97.6 cm³/mol. The SMILES string of the molecule is CN(C)CC(=O)N(C)[C@H]1C[C@@H](c2cccc(C(F)(F)F)c2)CC[C@@H]1OC(N)=O. The van der Waals surface area contributed by atoms with Gasteiger partial charge in [-0.3, -0.25) is 4.79 Å². The molecule has 0 radical (unpaired) electrons. The topological polar surface area (TPSA) is 75.9 Å². The monoisotopic (exact) mass is 401 g/mol. The molecule has 0 saturated heterocycles. The smallest absolute Gasteiger partial charge is 0.416 e. The maximum atomic E-state index is 13.0. The van der Waals surface area contributed by atoms with Crippen molar-refractivity contribution in [1.82, 2.24) is 9.80 Å². The first-order chi connectivity index (χ1) is 13.0. The number of nitrogens with zero attached hydrogens (tertiary/aromatic N) is 2. The molecule has 0 unspecified atom stereocenters. The molecule has 0 heterocycles. The third kappa shape index (κ3) is 5.60. The highest BCUT2D eigenvalue weighted by atomic mass is 19.4. The van der Waals surface area contributed by atoms with E-state index in [1.165, 1.54) is 11.0 Å². The molecule has 6 nitrogen and oxygen atoms in total. The van der Waals surface area contributed by atoms with Gasteiger partial charge in [0.25, 0.3) is 0 Å². The van der Waals surface area contributed by atoms with Gasteiger partial charge >= 0.3 is 12.3 Å². The summed E-state index contributed by atoms with van der Waals surface area (Å²) in [5.74, 6) is -0.354. The largest absolute Gasteiger partial charge is 0.444 e. The minimum absolute atomic E-state index is 0.169. The molecule has 1 aliphatic rings. The quantitative estimate of drug-likeness (QED) is 0.823. The zero-order chi connectivity index (χ0) is 21.1. The molecule has 1 aromatic rings. The Morgan fingerprint density at radius 1 is 1.21 bits per heavy atom. The number of rotatable bonds is 5. The molecular formula is C19H26F3N3O3. The second-order valence-electron chi connectivity index (χ2n) is 7.42.